The number of para-hydroxylation sites is 1. The Hall–Kier alpha value is -3.77. The third kappa shape index (κ3) is 3.38. The van der Waals surface area contributed by atoms with Gasteiger partial charge in [0.2, 0.25) is 0 Å². The van der Waals surface area contributed by atoms with E-state index in [9.17, 15) is 4.79 Å². The molecule has 146 valence electrons. The van der Waals surface area contributed by atoms with E-state index in [0.717, 1.165) is 26.4 Å². The van der Waals surface area contributed by atoms with Crippen molar-refractivity contribution < 1.29 is 9.32 Å². The number of carbonyl (C=O) groups excluding carboxylic acids is 1. The molecule has 2 aromatic heterocycles. The van der Waals surface area contributed by atoms with Gasteiger partial charge in [0.25, 0.3) is 5.91 Å². The summed E-state index contributed by atoms with van der Waals surface area (Å²) in [4.78, 5) is 17.6. The number of nitrogens with one attached hydrogen (secondary N) is 1. The first-order valence-electron chi connectivity index (χ1n) is 9.48. The molecule has 0 aliphatic rings. The zero-order valence-corrected chi connectivity index (χ0v) is 16.9. The molecule has 0 saturated carbocycles. The number of nitrogens with zero attached hydrogens (tertiary/aromatic N) is 2. The normalized spacial score (nSPS) is 11.0. The number of benzene rings is 3. The smallest absolute Gasteiger partial charge is 0.261 e. The van der Waals surface area contributed by atoms with Crippen LogP contribution in [0.15, 0.2) is 83.4 Å². The fraction of sp³-hybridized carbons (Fsp3) is 0.0417. The molecule has 0 atom stereocenters. The number of thiazole rings is 1. The van der Waals surface area contributed by atoms with Crippen LogP contribution >= 0.6 is 11.3 Å². The maximum Gasteiger partial charge on any atom is 0.261 e. The summed E-state index contributed by atoms with van der Waals surface area (Å²) in [5.74, 6) is 0.219. The standard InChI is InChI=1S/C24H17N3O2S/c1-15-21(22(29-27-15)16-7-3-2-4-8-16)23(28)25-18-13-11-17(12-14-18)24-26-19-9-5-6-10-20(19)30-24/h2-14H,1H3,(H,25,28). The second-order valence-corrected chi connectivity index (χ2v) is 7.89. The highest BCUT2D eigenvalue weighted by Crippen LogP contribution is 2.31. The van der Waals surface area contributed by atoms with Crippen LogP contribution in [0, 0.1) is 6.92 Å². The highest BCUT2D eigenvalue weighted by Gasteiger charge is 2.21. The summed E-state index contributed by atoms with van der Waals surface area (Å²) >= 11 is 1.65. The molecule has 0 saturated heterocycles. The Bertz CT molecular complexity index is 1310. The third-order valence-electron chi connectivity index (χ3n) is 4.81. The van der Waals surface area contributed by atoms with Gasteiger partial charge in [-0.2, -0.15) is 0 Å². The van der Waals surface area contributed by atoms with Crippen molar-refractivity contribution in [2.45, 2.75) is 6.92 Å². The van der Waals surface area contributed by atoms with Crippen molar-refractivity contribution in [1.29, 1.82) is 0 Å². The van der Waals surface area contributed by atoms with Crippen molar-refractivity contribution in [3.63, 3.8) is 0 Å². The number of aryl methyl sites for hydroxylation is 1. The lowest BCUT2D eigenvalue weighted by molar-refractivity contribution is 0.102. The molecular formula is C24H17N3O2S. The molecule has 0 aliphatic carbocycles. The summed E-state index contributed by atoms with van der Waals surface area (Å²) in [5, 5.41) is 7.89. The van der Waals surface area contributed by atoms with E-state index in [1.54, 1.807) is 18.3 Å². The predicted molar refractivity (Wildman–Crippen MR) is 120 cm³/mol. The van der Waals surface area contributed by atoms with Gasteiger partial charge in [0, 0.05) is 16.8 Å². The Balaban J connectivity index is 1.39. The minimum atomic E-state index is -0.250. The van der Waals surface area contributed by atoms with Crippen LogP contribution in [-0.4, -0.2) is 16.0 Å². The van der Waals surface area contributed by atoms with Gasteiger partial charge in [0.1, 0.15) is 10.6 Å². The summed E-state index contributed by atoms with van der Waals surface area (Å²) < 4.78 is 6.58. The van der Waals surface area contributed by atoms with E-state index in [1.165, 1.54) is 0 Å². The molecule has 0 spiro atoms. The van der Waals surface area contributed by atoms with Gasteiger partial charge in [-0.25, -0.2) is 4.98 Å². The van der Waals surface area contributed by atoms with E-state index in [1.807, 2.05) is 72.8 Å². The van der Waals surface area contributed by atoms with Gasteiger partial charge in [-0.15, -0.1) is 11.3 Å². The molecule has 6 heteroatoms. The lowest BCUT2D eigenvalue weighted by Gasteiger charge is -2.06. The first-order chi connectivity index (χ1) is 14.7. The Morgan fingerprint density at radius 1 is 0.900 bits per heavy atom. The molecule has 1 amide bonds. The van der Waals surface area contributed by atoms with Crippen molar-refractivity contribution in [3.05, 3.63) is 90.1 Å². The quantitative estimate of drug-likeness (QED) is 0.383. The van der Waals surface area contributed by atoms with Crippen molar-refractivity contribution >= 4 is 33.1 Å². The second kappa shape index (κ2) is 7.57. The van der Waals surface area contributed by atoms with Crippen LogP contribution < -0.4 is 5.32 Å². The average molecular weight is 411 g/mol. The Morgan fingerprint density at radius 3 is 2.40 bits per heavy atom. The molecule has 0 fully saturated rings. The highest BCUT2D eigenvalue weighted by atomic mass is 32.1. The van der Waals surface area contributed by atoms with E-state index < -0.39 is 0 Å². The van der Waals surface area contributed by atoms with Gasteiger partial charge in [0.05, 0.1) is 15.9 Å². The Kier molecular flexibility index (Phi) is 4.61. The van der Waals surface area contributed by atoms with E-state index in [2.05, 4.69) is 21.5 Å². The molecule has 30 heavy (non-hydrogen) atoms. The summed E-state index contributed by atoms with van der Waals surface area (Å²) in [6.45, 7) is 1.76. The zero-order chi connectivity index (χ0) is 20.5. The van der Waals surface area contributed by atoms with E-state index >= 15 is 0 Å². The fourth-order valence-corrected chi connectivity index (χ4v) is 4.28. The Labute approximate surface area is 177 Å². The molecule has 3 aromatic carbocycles. The Morgan fingerprint density at radius 2 is 1.63 bits per heavy atom. The topological polar surface area (TPSA) is 68.0 Å². The van der Waals surface area contributed by atoms with Gasteiger partial charge < -0.3 is 9.84 Å². The van der Waals surface area contributed by atoms with Gasteiger partial charge >= 0.3 is 0 Å². The third-order valence-corrected chi connectivity index (χ3v) is 5.89. The summed E-state index contributed by atoms with van der Waals surface area (Å²) in [5.41, 5.74) is 4.51. The number of amides is 1. The molecule has 5 nitrogen and oxygen atoms in total. The van der Waals surface area contributed by atoms with Crippen LogP contribution in [0.1, 0.15) is 16.1 Å². The van der Waals surface area contributed by atoms with Crippen LogP contribution in [0.5, 0.6) is 0 Å². The largest absolute Gasteiger partial charge is 0.355 e. The molecule has 5 rings (SSSR count). The minimum Gasteiger partial charge on any atom is -0.355 e. The molecule has 0 bridgehead atoms. The van der Waals surface area contributed by atoms with Crippen molar-refractivity contribution in [3.8, 4) is 21.9 Å². The van der Waals surface area contributed by atoms with Crippen LogP contribution in [0.3, 0.4) is 0 Å². The number of anilines is 1. The maximum atomic E-state index is 12.9. The lowest BCUT2D eigenvalue weighted by Crippen LogP contribution is -2.13. The number of hydrogen-bond acceptors (Lipinski definition) is 5. The SMILES string of the molecule is Cc1noc(-c2ccccc2)c1C(=O)Nc1ccc(-c2nc3ccccc3s2)cc1. The molecule has 0 unspecified atom stereocenters. The predicted octanol–water partition coefficient (Wildman–Crippen LogP) is 6.18. The van der Waals surface area contributed by atoms with Crippen molar-refractivity contribution in [2.24, 2.45) is 0 Å². The van der Waals surface area contributed by atoms with Crippen LogP contribution in [0.25, 0.3) is 32.1 Å². The van der Waals surface area contributed by atoms with Crippen LogP contribution in [0.2, 0.25) is 0 Å². The molecule has 5 aromatic rings. The van der Waals surface area contributed by atoms with E-state index in [-0.39, 0.29) is 5.91 Å². The highest BCUT2D eigenvalue weighted by molar-refractivity contribution is 7.21. The number of aromatic nitrogens is 2. The van der Waals surface area contributed by atoms with Gasteiger partial charge in [-0.1, -0.05) is 47.6 Å². The summed E-state index contributed by atoms with van der Waals surface area (Å²) in [7, 11) is 0. The van der Waals surface area contributed by atoms with Crippen molar-refractivity contribution in [2.75, 3.05) is 5.32 Å². The second-order valence-electron chi connectivity index (χ2n) is 6.86. The van der Waals surface area contributed by atoms with E-state index in [4.69, 9.17) is 4.52 Å². The van der Waals surface area contributed by atoms with Crippen LogP contribution in [0.4, 0.5) is 5.69 Å². The summed E-state index contributed by atoms with van der Waals surface area (Å²) in [6, 6.07) is 25.3. The van der Waals surface area contributed by atoms with Crippen LogP contribution in [-0.2, 0) is 0 Å². The van der Waals surface area contributed by atoms with Gasteiger partial charge in [0.15, 0.2) is 5.76 Å². The average Bonchev–Trinajstić information content (AvgIpc) is 3.38. The summed E-state index contributed by atoms with van der Waals surface area (Å²) in [6.07, 6.45) is 0. The van der Waals surface area contributed by atoms with E-state index in [0.29, 0.717) is 22.7 Å². The lowest BCUT2D eigenvalue weighted by atomic mass is 10.1. The first kappa shape index (κ1) is 18.3. The van der Waals surface area contributed by atoms with Crippen molar-refractivity contribution in [1.82, 2.24) is 10.1 Å². The maximum absolute atomic E-state index is 12.9. The van der Waals surface area contributed by atoms with Gasteiger partial charge in [-0.3, -0.25) is 4.79 Å². The number of fused-ring (bicyclic) bond motifs is 1. The monoisotopic (exact) mass is 411 g/mol. The minimum absolute atomic E-state index is 0.250. The first-order valence-corrected chi connectivity index (χ1v) is 10.3. The number of rotatable bonds is 4. The fourth-order valence-electron chi connectivity index (χ4n) is 3.31. The molecule has 0 radical (unpaired) electrons. The molecule has 1 N–H and O–H groups in total. The molecule has 0 aliphatic heterocycles. The number of carbonyl (C=O) groups is 1. The zero-order valence-electron chi connectivity index (χ0n) is 16.1. The molecular weight excluding hydrogens is 394 g/mol. The molecule has 2 heterocycles. The number of hydrogen-bond donors (Lipinski definition) is 1. The van der Waals surface area contributed by atoms with Gasteiger partial charge in [-0.05, 0) is 43.3 Å².